The van der Waals surface area contributed by atoms with Crippen LogP contribution in [0, 0.1) is 18.7 Å². The average Bonchev–Trinajstić information content (AvgIpc) is 2.74. The minimum Gasteiger partial charge on any atom is -0.368 e. The molecule has 9 heteroatoms. The minimum absolute atomic E-state index is 0.00707. The molecule has 156 valence electrons. The van der Waals surface area contributed by atoms with Crippen LogP contribution in [0.4, 0.5) is 38.0 Å². The summed E-state index contributed by atoms with van der Waals surface area (Å²) in [5.74, 6) is -0.440. The van der Waals surface area contributed by atoms with Gasteiger partial charge in [-0.2, -0.15) is 19.3 Å². The number of nitrogen functional groups attached to an aromatic ring is 1. The summed E-state index contributed by atoms with van der Waals surface area (Å²) in [5, 5.41) is 3.00. The van der Waals surface area contributed by atoms with E-state index in [1.807, 2.05) is 31.2 Å². The lowest BCUT2D eigenvalue weighted by Gasteiger charge is -2.23. The number of nitrogens with two attached hydrogens (primary N) is 1. The number of anilines is 5. The Bertz CT molecular complexity index is 1180. The molecule has 0 unspecified atom stereocenters. The molecule has 7 nitrogen and oxygen atoms in total. The van der Waals surface area contributed by atoms with Gasteiger partial charge in [-0.3, -0.25) is 0 Å². The van der Waals surface area contributed by atoms with Crippen molar-refractivity contribution >= 4 is 29.2 Å². The first kappa shape index (κ1) is 20.1. The molecule has 0 atom stereocenters. The van der Waals surface area contributed by atoms with Crippen LogP contribution in [0.1, 0.15) is 11.1 Å². The number of nitrogens with zero attached hydrogens (tertiary/aromatic N) is 5. The van der Waals surface area contributed by atoms with Crippen molar-refractivity contribution in [2.75, 3.05) is 16.0 Å². The Kier molecular flexibility index (Phi) is 5.65. The monoisotopic (exact) mass is 419 g/mol. The lowest BCUT2D eigenvalue weighted by molar-refractivity contribution is 0.581. The van der Waals surface area contributed by atoms with Gasteiger partial charge in [0, 0.05) is 17.6 Å². The van der Waals surface area contributed by atoms with E-state index in [0.717, 1.165) is 11.3 Å². The van der Waals surface area contributed by atoms with E-state index in [9.17, 15) is 8.78 Å². The van der Waals surface area contributed by atoms with Gasteiger partial charge in [-0.05, 0) is 61.0 Å². The van der Waals surface area contributed by atoms with Crippen molar-refractivity contribution in [1.82, 2.24) is 19.9 Å². The van der Waals surface area contributed by atoms with Crippen molar-refractivity contribution in [2.45, 2.75) is 13.5 Å². The van der Waals surface area contributed by atoms with Gasteiger partial charge in [-0.25, -0.2) is 9.37 Å². The van der Waals surface area contributed by atoms with Gasteiger partial charge in [0.15, 0.2) is 0 Å². The van der Waals surface area contributed by atoms with Crippen LogP contribution in [0.3, 0.4) is 0 Å². The minimum atomic E-state index is -0.574. The summed E-state index contributed by atoms with van der Waals surface area (Å²) in [6.07, 6.45) is 1.40. The van der Waals surface area contributed by atoms with Crippen LogP contribution in [-0.2, 0) is 6.54 Å². The molecule has 2 aromatic carbocycles. The molecule has 3 N–H and O–H groups in total. The fraction of sp³-hybridized carbons (Fsp3) is 0.0909. The second-order valence-electron chi connectivity index (χ2n) is 6.86. The first-order valence-corrected chi connectivity index (χ1v) is 9.45. The highest BCUT2D eigenvalue weighted by Crippen LogP contribution is 2.27. The molecule has 0 aliphatic heterocycles. The molecule has 2 heterocycles. The molecule has 0 spiro atoms. The molecule has 2 aromatic heterocycles. The van der Waals surface area contributed by atoms with Crippen LogP contribution in [0.15, 0.2) is 66.9 Å². The first-order chi connectivity index (χ1) is 15.0. The van der Waals surface area contributed by atoms with Crippen molar-refractivity contribution in [1.29, 1.82) is 0 Å². The Morgan fingerprint density at radius 2 is 1.68 bits per heavy atom. The van der Waals surface area contributed by atoms with Crippen molar-refractivity contribution < 1.29 is 8.78 Å². The van der Waals surface area contributed by atoms with Gasteiger partial charge in [0.25, 0.3) is 0 Å². The number of halogens is 2. The summed E-state index contributed by atoms with van der Waals surface area (Å²) in [4.78, 5) is 18.3. The third-order valence-corrected chi connectivity index (χ3v) is 4.46. The lowest BCUT2D eigenvalue weighted by Crippen LogP contribution is -2.21. The Balaban J connectivity index is 1.72. The molecule has 0 amide bonds. The maximum Gasteiger partial charge on any atom is 0.236 e. The van der Waals surface area contributed by atoms with Crippen LogP contribution in [0.2, 0.25) is 0 Å². The fourth-order valence-electron chi connectivity index (χ4n) is 2.95. The summed E-state index contributed by atoms with van der Waals surface area (Å²) in [5.41, 5.74) is 9.09. The maximum absolute atomic E-state index is 13.6. The highest BCUT2D eigenvalue weighted by molar-refractivity contribution is 5.61. The lowest BCUT2D eigenvalue weighted by atomic mass is 10.2. The molecule has 4 rings (SSSR count). The van der Waals surface area contributed by atoms with Crippen LogP contribution >= 0.6 is 0 Å². The SMILES string of the molecule is Cc1ccc(N(Cc2ccnc(F)c2)c2nc(N)nc(Nc3ccc(F)cc3)n2)cc1. The van der Waals surface area contributed by atoms with E-state index in [4.69, 9.17) is 5.73 Å². The van der Waals surface area contributed by atoms with E-state index in [-0.39, 0.29) is 30.2 Å². The largest absolute Gasteiger partial charge is 0.368 e. The smallest absolute Gasteiger partial charge is 0.236 e. The van der Waals surface area contributed by atoms with Crippen molar-refractivity contribution in [2.24, 2.45) is 0 Å². The topological polar surface area (TPSA) is 92.9 Å². The van der Waals surface area contributed by atoms with E-state index in [1.54, 1.807) is 23.1 Å². The zero-order valence-corrected chi connectivity index (χ0v) is 16.6. The first-order valence-electron chi connectivity index (χ1n) is 9.45. The summed E-state index contributed by atoms with van der Waals surface area (Å²) in [6.45, 7) is 2.26. The van der Waals surface area contributed by atoms with Gasteiger partial charge in [0.2, 0.25) is 23.8 Å². The molecule has 0 aliphatic rings. The second-order valence-corrected chi connectivity index (χ2v) is 6.86. The standard InChI is InChI=1S/C22H19F2N7/c1-14-2-8-18(9-3-14)31(13-15-10-11-26-19(24)12-15)22-29-20(25)28-21(30-22)27-17-6-4-16(23)5-7-17/h2-12H,13H2,1H3,(H3,25,27,28,29,30). The summed E-state index contributed by atoms with van der Waals surface area (Å²) < 4.78 is 26.8. The Labute approximate surface area is 177 Å². The van der Waals surface area contributed by atoms with E-state index in [0.29, 0.717) is 11.3 Å². The number of benzene rings is 2. The van der Waals surface area contributed by atoms with Gasteiger partial charge in [0.05, 0.1) is 6.54 Å². The summed E-state index contributed by atoms with van der Waals surface area (Å²) >= 11 is 0. The normalized spacial score (nSPS) is 10.7. The van der Waals surface area contributed by atoms with Crippen molar-refractivity contribution in [3.63, 3.8) is 0 Å². The van der Waals surface area contributed by atoms with Gasteiger partial charge < -0.3 is 16.0 Å². The number of pyridine rings is 1. The second kappa shape index (κ2) is 8.70. The van der Waals surface area contributed by atoms with Crippen molar-refractivity contribution in [3.8, 4) is 0 Å². The molecule has 0 saturated heterocycles. The van der Waals surface area contributed by atoms with E-state index >= 15 is 0 Å². The molecule has 0 saturated carbocycles. The van der Waals surface area contributed by atoms with Gasteiger partial charge >= 0.3 is 0 Å². The number of aryl methyl sites for hydroxylation is 1. The number of nitrogens with one attached hydrogen (secondary N) is 1. The average molecular weight is 419 g/mol. The van der Waals surface area contributed by atoms with Crippen molar-refractivity contribution in [3.05, 3.63) is 89.8 Å². The quantitative estimate of drug-likeness (QED) is 0.444. The molecular weight excluding hydrogens is 400 g/mol. The van der Waals surface area contributed by atoms with E-state index in [2.05, 4.69) is 25.3 Å². The highest BCUT2D eigenvalue weighted by atomic mass is 19.1. The van der Waals surface area contributed by atoms with Crippen LogP contribution in [0.5, 0.6) is 0 Å². The maximum atomic E-state index is 13.6. The number of hydrogen-bond acceptors (Lipinski definition) is 7. The summed E-state index contributed by atoms with van der Waals surface area (Å²) in [7, 11) is 0. The Hall–Kier alpha value is -4.14. The molecule has 0 fully saturated rings. The predicted octanol–water partition coefficient (Wildman–Crippen LogP) is 4.52. The fourth-order valence-corrected chi connectivity index (χ4v) is 2.95. The third kappa shape index (κ3) is 5.08. The van der Waals surface area contributed by atoms with Crippen LogP contribution in [0.25, 0.3) is 0 Å². The van der Waals surface area contributed by atoms with Gasteiger partial charge in [-0.15, -0.1) is 0 Å². The third-order valence-electron chi connectivity index (χ3n) is 4.46. The molecular formula is C22H19F2N7. The zero-order valence-electron chi connectivity index (χ0n) is 16.6. The van der Waals surface area contributed by atoms with Gasteiger partial charge in [-0.1, -0.05) is 17.7 Å². The number of aromatic nitrogens is 4. The van der Waals surface area contributed by atoms with E-state index < -0.39 is 5.95 Å². The molecule has 0 aliphatic carbocycles. The molecule has 31 heavy (non-hydrogen) atoms. The number of hydrogen-bond donors (Lipinski definition) is 2. The van der Waals surface area contributed by atoms with Crippen LogP contribution in [-0.4, -0.2) is 19.9 Å². The highest BCUT2D eigenvalue weighted by Gasteiger charge is 2.16. The van der Waals surface area contributed by atoms with Gasteiger partial charge in [0.1, 0.15) is 5.82 Å². The van der Waals surface area contributed by atoms with E-state index in [1.165, 1.54) is 24.4 Å². The Morgan fingerprint density at radius 1 is 0.935 bits per heavy atom. The van der Waals surface area contributed by atoms with Crippen LogP contribution < -0.4 is 16.0 Å². The Morgan fingerprint density at radius 3 is 2.39 bits per heavy atom. The molecule has 4 aromatic rings. The molecule has 0 radical (unpaired) electrons. The zero-order chi connectivity index (χ0) is 21.8. The predicted molar refractivity (Wildman–Crippen MR) is 115 cm³/mol. The number of rotatable bonds is 6. The molecule has 0 bridgehead atoms. The summed E-state index contributed by atoms with van der Waals surface area (Å²) in [6, 6.07) is 16.6.